The Kier molecular flexibility index (Phi) is 4.68. The highest BCUT2D eigenvalue weighted by molar-refractivity contribution is 4.91. The third kappa shape index (κ3) is 3.51. The van der Waals surface area contributed by atoms with Crippen LogP contribution in [0.4, 0.5) is 0 Å². The molecule has 0 bridgehead atoms. The zero-order chi connectivity index (χ0) is 13.0. The minimum atomic E-state index is 0.0635. The van der Waals surface area contributed by atoms with Crippen molar-refractivity contribution in [2.24, 2.45) is 0 Å². The smallest absolute Gasteiger partial charge is 0.243 e. The second-order valence-corrected chi connectivity index (χ2v) is 4.79. The van der Waals surface area contributed by atoms with Gasteiger partial charge < -0.3 is 19.5 Å². The molecule has 1 fully saturated rings. The van der Waals surface area contributed by atoms with E-state index in [1.807, 2.05) is 13.8 Å². The summed E-state index contributed by atoms with van der Waals surface area (Å²) in [6.07, 6.45) is 1.03. The number of nitrogens with one attached hydrogen (secondary N) is 1. The third-order valence-electron chi connectivity index (χ3n) is 3.16. The van der Waals surface area contributed by atoms with Gasteiger partial charge in [-0.2, -0.15) is 4.98 Å². The number of rotatable bonds is 5. The van der Waals surface area contributed by atoms with Crippen LogP contribution in [0.1, 0.15) is 31.6 Å². The number of aromatic nitrogens is 2. The molecule has 102 valence electrons. The van der Waals surface area contributed by atoms with Crippen LogP contribution >= 0.6 is 0 Å². The van der Waals surface area contributed by atoms with Gasteiger partial charge in [-0.25, -0.2) is 0 Å². The fourth-order valence-corrected chi connectivity index (χ4v) is 1.97. The van der Waals surface area contributed by atoms with E-state index in [2.05, 4.69) is 27.4 Å². The molecule has 6 heteroatoms. The molecule has 2 rings (SSSR count). The number of hydrogen-bond acceptors (Lipinski definition) is 6. The van der Waals surface area contributed by atoms with Gasteiger partial charge in [0.1, 0.15) is 0 Å². The van der Waals surface area contributed by atoms with E-state index in [1.54, 1.807) is 0 Å². The van der Waals surface area contributed by atoms with Gasteiger partial charge in [0.15, 0.2) is 5.82 Å². The summed E-state index contributed by atoms with van der Waals surface area (Å²) in [6.45, 7) is 7.62. The Labute approximate surface area is 108 Å². The molecule has 0 saturated carbocycles. The molecule has 0 aliphatic carbocycles. The van der Waals surface area contributed by atoms with Gasteiger partial charge in [0.2, 0.25) is 5.89 Å². The summed E-state index contributed by atoms with van der Waals surface area (Å²) >= 11 is 0. The topological polar surface area (TPSA) is 63.4 Å². The Bertz CT molecular complexity index is 369. The zero-order valence-electron chi connectivity index (χ0n) is 11.3. The average molecular weight is 254 g/mol. The maximum Gasteiger partial charge on any atom is 0.243 e. The van der Waals surface area contributed by atoms with Crippen LogP contribution in [-0.2, 0) is 11.2 Å². The molecular weight excluding hydrogens is 232 g/mol. The lowest BCUT2D eigenvalue weighted by Gasteiger charge is -2.30. The maximum atomic E-state index is 5.69. The number of aryl methyl sites for hydroxylation is 1. The molecule has 1 aromatic rings. The van der Waals surface area contributed by atoms with Crippen molar-refractivity contribution in [3.05, 3.63) is 11.7 Å². The summed E-state index contributed by atoms with van der Waals surface area (Å²) in [6, 6.07) is 0.0635. The zero-order valence-corrected chi connectivity index (χ0v) is 11.3. The molecule has 18 heavy (non-hydrogen) atoms. The Morgan fingerprint density at radius 3 is 3.06 bits per heavy atom. The van der Waals surface area contributed by atoms with E-state index in [0.29, 0.717) is 5.89 Å². The second-order valence-electron chi connectivity index (χ2n) is 4.79. The van der Waals surface area contributed by atoms with Crippen LogP contribution in [0.2, 0.25) is 0 Å². The Morgan fingerprint density at radius 2 is 2.39 bits per heavy atom. The first-order valence-electron chi connectivity index (χ1n) is 6.55. The van der Waals surface area contributed by atoms with Crippen LogP contribution < -0.4 is 5.32 Å². The number of hydrogen-bond donors (Lipinski definition) is 1. The van der Waals surface area contributed by atoms with Crippen LogP contribution in [0.15, 0.2) is 4.52 Å². The van der Waals surface area contributed by atoms with Gasteiger partial charge in [-0.15, -0.1) is 0 Å². The second kappa shape index (κ2) is 6.26. The van der Waals surface area contributed by atoms with Crippen molar-refractivity contribution in [3.8, 4) is 0 Å². The van der Waals surface area contributed by atoms with Crippen LogP contribution in [0.25, 0.3) is 0 Å². The SMILES string of the molecule is CCc1noc([C@H](C)NC[C@@H]2CN(C)CCO2)n1. The van der Waals surface area contributed by atoms with Crippen molar-refractivity contribution < 1.29 is 9.26 Å². The van der Waals surface area contributed by atoms with Crippen molar-refractivity contribution >= 4 is 0 Å². The first-order chi connectivity index (χ1) is 8.69. The van der Waals surface area contributed by atoms with Gasteiger partial charge in [-0.05, 0) is 14.0 Å². The molecule has 1 aliphatic rings. The summed E-state index contributed by atoms with van der Waals surface area (Å²) in [7, 11) is 2.12. The number of likely N-dealkylation sites (N-methyl/N-ethyl adjacent to an activating group) is 1. The quantitative estimate of drug-likeness (QED) is 0.831. The molecule has 1 N–H and O–H groups in total. The fraction of sp³-hybridized carbons (Fsp3) is 0.833. The molecule has 1 aliphatic heterocycles. The highest BCUT2D eigenvalue weighted by Crippen LogP contribution is 2.10. The normalized spacial score (nSPS) is 23.2. The Hall–Kier alpha value is -0.980. The maximum absolute atomic E-state index is 5.69. The summed E-state index contributed by atoms with van der Waals surface area (Å²) in [5, 5.41) is 7.28. The van der Waals surface area contributed by atoms with E-state index < -0.39 is 0 Å². The molecule has 0 aromatic carbocycles. The van der Waals surface area contributed by atoms with Gasteiger partial charge in [-0.1, -0.05) is 12.1 Å². The molecule has 0 amide bonds. The Morgan fingerprint density at radius 1 is 1.56 bits per heavy atom. The third-order valence-corrected chi connectivity index (χ3v) is 3.16. The van der Waals surface area contributed by atoms with Crippen LogP contribution in [0.5, 0.6) is 0 Å². The first-order valence-corrected chi connectivity index (χ1v) is 6.55. The van der Waals surface area contributed by atoms with E-state index >= 15 is 0 Å². The lowest BCUT2D eigenvalue weighted by Crippen LogP contribution is -2.45. The largest absolute Gasteiger partial charge is 0.374 e. The Balaban J connectivity index is 1.78. The van der Waals surface area contributed by atoms with E-state index in [1.165, 1.54) is 0 Å². The van der Waals surface area contributed by atoms with Crippen LogP contribution in [0, 0.1) is 0 Å². The predicted molar refractivity (Wildman–Crippen MR) is 67.3 cm³/mol. The molecule has 0 spiro atoms. The molecule has 1 saturated heterocycles. The van der Waals surface area contributed by atoms with Crippen molar-refractivity contribution in [3.63, 3.8) is 0 Å². The highest BCUT2D eigenvalue weighted by atomic mass is 16.5. The van der Waals surface area contributed by atoms with Gasteiger partial charge in [0, 0.05) is 26.1 Å². The summed E-state index contributed by atoms with van der Waals surface area (Å²) < 4.78 is 10.9. The molecule has 0 unspecified atom stereocenters. The molecule has 1 aromatic heterocycles. The van der Waals surface area contributed by atoms with E-state index in [-0.39, 0.29) is 12.1 Å². The van der Waals surface area contributed by atoms with E-state index in [0.717, 1.165) is 38.5 Å². The fourth-order valence-electron chi connectivity index (χ4n) is 1.97. The standard InChI is InChI=1S/C12H22N4O2/c1-4-11-14-12(18-15-11)9(2)13-7-10-8-16(3)5-6-17-10/h9-10,13H,4-8H2,1-3H3/t9-,10+/m0/s1. The average Bonchev–Trinajstić information content (AvgIpc) is 2.85. The molecule has 2 heterocycles. The minimum Gasteiger partial charge on any atom is -0.374 e. The van der Waals surface area contributed by atoms with Gasteiger partial charge in [0.05, 0.1) is 18.8 Å². The summed E-state index contributed by atoms with van der Waals surface area (Å²) in [5.41, 5.74) is 0. The van der Waals surface area contributed by atoms with E-state index in [4.69, 9.17) is 9.26 Å². The van der Waals surface area contributed by atoms with Crippen molar-refractivity contribution in [2.45, 2.75) is 32.4 Å². The van der Waals surface area contributed by atoms with Gasteiger partial charge in [0.25, 0.3) is 0 Å². The molecule has 6 nitrogen and oxygen atoms in total. The number of ether oxygens (including phenoxy) is 1. The summed E-state index contributed by atoms with van der Waals surface area (Å²) in [4.78, 5) is 6.60. The monoisotopic (exact) mass is 254 g/mol. The number of morpholine rings is 1. The number of nitrogens with zero attached hydrogens (tertiary/aromatic N) is 3. The van der Waals surface area contributed by atoms with Crippen molar-refractivity contribution in [1.82, 2.24) is 20.4 Å². The predicted octanol–water partition coefficient (Wildman–Crippen LogP) is 0.613. The summed E-state index contributed by atoms with van der Waals surface area (Å²) in [5.74, 6) is 1.41. The molecular formula is C12H22N4O2. The lowest BCUT2D eigenvalue weighted by atomic mass is 10.2. The highest BCUT2D eigenvalue weighted by Gasteiger charge is 2.20. The van der Waals surface area contributed by atoms with Gasteiger partial charge in [-0.3, -0.25) is 0 Å². The van der Waals surface area contributed by atoms with Crippen LogP contribution in [-0.4, -0.2) is 54.4 Å². The minimum absolute atomic E-state index is 0.0635. The van der Waals surface area contributed by atoms with Crippen molar-refractivity contribution in [1.29, 1.82) is 0 Å². The van der Waals surface area contributed by atoms with Crippen LogP contribution in [0.3, 0.4) is 0 Å². The molecule has 2 atom stereocenters. The lowest BCUT2D eigenvalue weighted by molar-refractivity contribution is -0.0194. The van der Waals surface area contributed by atoms with Gasteiger partial charge >= 0.3 is 0 Å². The van der Waals surface area contributed by atoms with E-state index in [9.17, 15) is 0 Å². The molecule has 0 radical (unpaired) electrons. The first kappa shape index (κ1) is 13.5. The van der Waals surface area contributed by atoms with Crippen molar-refractivity contribution in [2.75, 3.05) is 33.3 Å².